The van der Waals surface area contributed by atoms with Crippen LogP contribution in [0.4, 0.5) is 0 Å². The van der Waals surface area contributed by atoms with Gasteiger partial charge in [0.15, 0.2) is 12.4 Å². The van der Waals surface area contributed by atoms with Crippen LogP contribution in [0.2, 0.25) is 5.02 Å². The lowest BCUT2D eigenvalue weighted by molar-refractivity contribution is -0.671. The summed E-state index contributed by atoms with van der Waals surface area (Å²) >= 11 is 6.14. The third-order valence-corrected chi connectivity index (χ3v) is 3.91. The van der Waals surface area contributed by atoms with Crippen LogP contribution in [0.1, 0.15) is 18.1 Å². The lowest BCUT2D eigenvalue weighted by Gasteiger charge is -1.99. The van der Waals surface area contributed by atoms with E-state index in [1.54, 1.807) is 0 Å². The maximum absolute atomic E-state index is 6.14. The molecule has 0 spiro atoms. The van der Waals surface area contributed by atoms with Crippen LogP contribution < -0.4 is 28.5 Å². The molecule has 0 amide bonds. The molecule has 3 aromatic rings. The molecule has 2 heterocycles. The molecule has 2 nitrogen and oxygen atoms in total. The number of hydrogen-bond donors (Lipinski definition) is 0. The van der Waals surface area contributed by atoms with Crippen molar-refractivity contribution in [2.45, 2.75) is 13.5 Å². The van der Waals surface area contributed by atoms with Crippen LogP contribution in [0.5, 0.6) is 0 Å². The molecule has 1 aromatic carbocycles. The van der Waals surface area contributed by atoms with Gasteiger partial charge in [0.1, 0.15) is 7.05 Å². The minimum atomic E-state index is 0. The number of pyridine rings is 1. The van der Waals surface area contributed by atoms with E-state index in [0.29, 0.717) is 0 Å². The van der Waals surface area contributed by atoms with Gasteiger partial charge in [-0.1, -0.05) is 23.8 Å². The minimum absolute atomic E-state index is 0. The van der Waals surface area contributed by atoms with E-state index in [1.807, 2.05) is 36.1 Å². The summed E-state index contributed by atoms with van der Waals surface area (Å²) in [6.07, 6.45) is 10.6. The van der Waals surface area contributed by atoms with Crippen molar-refractivity contribution in [1.82, 2.24) is 4.57 Å². The van der Waals surface area contributed by atoms with E-state index in [9.17, 15) is 0 Å². The number of rotatable bonds is 3. The van der Waals surface area contributed by atoms with Crippen LogP contribution in [-0.2, 0) is 13.6 Å². The van der Waals surface area contributed by atoms with Gasteiger partial charge in [0.2, 0.25) is 0 Å². The Labute approximate surface area is 153 Å². The maximum atomic E-state index is 6.14. The predicted molar refractivity (Wildman–Crippen MR) is 89.2 cm³/mol. The zero-order valence-electron chi connectivity index (χ0n) is 12.6. The Morgan fingerprint density at radius 3 is 2.55 bits per heavy atom. The molecular weight excluding hydrogens is 407 g/mol. The van der Waals surface area contributed by atoms with E-state index in [-0.39, 0.29) is 24.0 Å². The summed E-state index contributed by atoms with van der Waals surface area (Å²) in [5, 5.41) is 1.97. The molecule has 0 saturated carbocycles. The SMILES string of the molecule is CCn1cc(C=Cc2cc[n+](C)cc2)c2cc(Cl)ccc21.[I-]. The molecular formula is C18H18ClIN2. The molecule has 0 aliphatic heterocycles. The number of nitrogens with zero attached hydrogens (tertiary/aromatic N) is 2. The number of fused-ring (bicyclic) bond motifs is 1. The van der Waals surface area contributed by atoms with Crippen molar-refractivity contribution in [3.05, 3.63) is 65.1 Å². The summed E-state index contributed by atoms with van der Waals surface area (Å²) < 4.78 is 4.27. The highest BCUT2D eigenvalue weighted by molar-refractivity contribution is 6.31. The van der Waals surface area contributed by atoms with Gasteiger partial charge in [-0.15, -0.1) is 0 Å². The summed E-state index contributed by atoms with van der Waals surface area (Å²) in [5.74, 6) is 0. The average Bonchev–Trinajstić information content (AvgIpc) is 2.84. The van der Waals surface area contributed by atoms with Crippen LogP contribution in [-0.4, -0.2) is 4.57 Å². The van der Waals surface area contributed by atoms with Gasteiger partial charge < -0.3 is 28.5 Å². The van der Waals surface area contributed by atoms with Crippen LogP contribution in [0.15, 0.2) is 48.9 Å². The normalized spacial score (nSPS) is 11.0. The second kappa shape index (κ2) is 7.29. The van der Waals surface area contributed by atoms with E-state index < -0.39 is 0 Å². The van der Waals surface area contributed by atoms with Crippen molar-refractivity contribution < 1.29 is 28.5 Å². The van der Waals surface area contributed by atoms with Gasteiger partial charge in [0.05, 0.1) is 0 Å². The summed E-state index contributed by atoms with van der Waals surface area (Å²) in [6.45, 7) is 3.10. The first-order valence-electron chi connectivity index (χ1n) is 7.09. The van der Waals surface area contributed by atoms with E-state index >= 15 is 0 Å². The quantitative estimate of drug-likeness (QED) is 0.443. The summed E-state index contributed by atoms with van der Waals surface area (Å²) in [7, 11) is 2.02. The predicted octanol–water partition coefficient (Wildman–Crippen LogP) is 1.31. The van der Waals surface area contributed by atoms with Crippen LogP contribution >= 0.6 is 11.6 Å². The number of aromatic nitrogens is 2. The molecule has 22 heavy (non-hydrogen) atoms. The standard InChI is InChI=1S/C18H18ClN2.HI/c1-3-21-13-15(17-12-16(19)6-7-18(17)21)5-4-14-8-10-20(2)11-9-14;/h4-13H,3H2,1-2H3;1H/q+1;/p-1. The molecule has 2 aromatic heterocycles. The van der Waals surface area contributed by atoms with E-state index in [1.165, 1.54) is 22.0 Å². The summed E-state index contributed by atoms with van der Waals surface area (Å²) in [5.41, 5.74) is 3.61. The van der Waals surface area contributed by atoms with Crippen molar-refractivity contribution in [1.29, 1.82) is 0 Å². The fraction of sp³-hybridized carbons (Fsp3) is 0.167. The molecule has 0 radical (unpaired) electrons. The van der Waals surface area contributed by atoms with E-state index in [4.69, 9.17) is 11.6 Å². The Morgan fingerprint density at radius 2 is 1.86 bits per heavy atom. The zero-order valence-corrected chi connectivity index (χ0v) is 15.5. The smallest absolute Gasteiger partial charge is 0.169 e. The lowest BCUT2D eigenvalue weighted by atomic mass is 10.1. The molecule has 3 rings (SSSR count). The minimum Gasteiger partial charge on any atom is -1.00 e. The molecule has 0 fully saturated rings. The first-order valence-corrected chi connectivity index (χ1v) is 7.47. The van der Waals surface area contributed by atoms with Gasteiger partial charge >= 0.3 is 0 Å². The maximum Gasteiger partial charge on any atom is 0.169 e. The Morgan fingerprint density at radius 1 is 1.14 bits per heavy atom. The molecule has 0 atom stereocenters. The van der Waals surface area contributed by atoms with Crippen molar-refractivity contribution in [2.24, 2.45) is 7.05 Å². The highest BCUT2D eigenvalue weighted by atomic mass is 127. The highest BCUT2D eigenvalue weighted by Gasteiger charge is 2.06. The lowest BCUT2D eigenvalue weighted by Crippen LogP contribution is -3.00. The zero-order chi connectivity index (χ0) is 14.8. The van der Waals surface area contributed by atoms with Gasteiger partial charge in [0, 0.05) is 46.4 Å². The molecule has 0 aliphatic carbocycles. The Balaban J connectivity index is 0.00000176. The first kappa shape index (κ1) is 17.0. The molecule has 0 unspecified atom stereocenters. The average molecular weight is 425 g/mol. The number of benzene rings is 1. The van der Waals surface area contributed by atoms with Gasteiger partial charge in [-0.3, -0.25) is 0 Å². The molecule has 0 saturated heterocycles. The fourth-order valence-electron chi connectivity index (χ4n) is 2.50. The summed E-state index contributed by atoms with van der Waals surface area (Å²) in [6, 6.07) is 10.3. The van der Waals surface area contributed by atoms with Gasteiger partial charge in [-0.05, 0) is 30.7 Å². The third-order valence-electron chi connectivity index (χ3n) is 3.67. The van der Waals surface area contributed by atoms with Gasteiger partial charge in [0.25, 0.3) is 0 Å². The molecule has 4 heteroatoms. The number of aryl methyl sites for hydroxylation is 2. The highest BCUT2D eigenvalue weighted by Crippen LogP contribution is 2.26. The van der Waals surface area contributed by atoms with Gasteiger partial charge in [-0.2, -0.15) is 0 Å². The van der Waals surface area contributed by atoms with Crippen LogP contribution in [0.3, 0.4) is 0 Å². The monoisotopic (exact) mass is 424 g/mol. The first-order chi connectivity index (χ1) is 10.2. The van der Waals surface area contributed by atoms with Crippen LogP contribution in [0, 0.1) is 0 Å². The molecule has 114 valence electrons. The van der Waals surface area contributed by atoms with E-state index in [2.05, 4.69) is 48.0 Å². The number of hydrogen-bond acceptors (Lipinski definition) is 0. The molecule has 0 aliphatic rings. The second-order valence-corrected chi connectivity index (χ2v) is 5.60. The van der Waals surface area contributed by atoms with Crippen LogP contribution in [0.25, 0.3) is 23.1 Å². The number of halogens is 2. The Kier molecular flexibility index (Phi) is 5.64. The van der Waals surface area contributed by atoms with Crippen molar-refractivity contribution in [3.63, 3.8) is 0 Å². The third kappa shape index (κ3) is 3.52. The van der Waals surface area contributed by atoms with Crippen molar-refractivity contribution in [3.8, 4) is 0 Å². The topological polar surface area (TPSA) is 8.81 Å². The summed E-state index contributed by atoms with van der Waals surface area (Å²) in [4.78, 5) is 0. The second-order valence-electron chi connectivity index (χ2n) is 5.16. The fourth-order valence-corrected chi connectivity index (χ4v) is 2.67. The Hall–Kier alpha value is -1.33. The van der Waals surface area contributed by atoms with E-state index in [0.717, 1.165) is 11.6 Å². The molecule has 0 bridgehead atoms. The Bertz CT molecular complexity index is 804. The van der Waals surface area contributed by atoms with Gasteiger partial charge in [-0.25, -0.2) is 4.57 Å². The van der Waals surface area contributed by atoms with Crippen molar-refractivity contribution >= 4 is 34.7 Å². The van der Waals surface area contributed by atoms with Crippen molar-refractivity contribution in [2.75, 3.05) is 0 Å². The molecule has 0 N–H and O–H groups in total. The largest absolute Gasteiger partial charge is 1.00 e.